The van der Waals surface area contributed by atoms with Crippen molar-refractivity contribution in [1.82, 2.24) is 0 Å². The molecule has 3 N–H and O–H groups in total. The first kappa shape index (κ1) is 15.3. The maximum Gasteiger partial charge on any atom is 0.262 e. The standard InChI is InChI=1S/C15H17FN2O2S/c1-9-4-5-12(16)7-14(9)18-21(19,20)15-8-13(17)6-10(2)11(15)3/h4-8,18H,17H2,1-3H3. The number of aryl methyl sites for hydroxylation is 2. The van der Waals surface area contributed by atoms with Gasteiger partial charge in [-0.1, -0.05) is 6.07 Å². The molecular formula is C15H17FN2O2S. The van der Waals surface area contributed by atoms with Crippen LogP contribution >= 0.6 is 0 Å². The molecule has 0 amide bonds. The van der Waals surface area contributed by atoms with Crippen LogP contribution in [0.4, 0.5) is 15.8 Å². The lowest BCUT2D eigenvalue weighted by atomic mass is 10.1. The van der Waals surface area contributed by atoms with Gasteiger partial charge in [0.05, 0.1) is 10.6 Å². The molecule has 2 aromatic carbocycles. The molecule has 0 fully saturated rings. The summed E-state index contributed by atoms with van der Waals surface area (Å²) in [5, 5.41) is 0. The van der Waals surface area contributed by atoms with Crippen LogP contribution in [-0.4, -0.2) is 8.42 Å². The van der Waals surface area contributed by atoms with Gasteiger partial charge in [0.25, 0.3) is 10.0 Å². The van der Waals surface area contributed by atoms with Crippen molar-refractivity contribution in [2.24, 2.45) is 0 Å². The van der Waals surface area contributed by atoms with E-state index in [2.05, 4.69) is 4.72 Å². The minimum atomic E-state index is -3.82. The molecule has 0 bridgehead atoms. The van der Waals surface area contributed by atoms with Gasteiger partial charge in [0.1, 0.15) is 5.82 Å². The summed E-state index contributed by atoms with van der Waals surface area (Å²) in [6, 6.07) is 7.07. The first-order valence-electron chi connectivity index (χ1n) is 6.36. The van der Waals surface area contributed by atoms with Gasteiger partial charge in [-0.05, 0) is 61.7 Å². The summed E-state index contributed by atoms with van der Waals surface area (Å²) in [7, 11) is -3.82. The van der Waals surface area contributed by atoms with Gasteiger partial charge in [0.15, 0.2) is 0 Å². The van der Waals surface area contributed by atoms with Crippen molar-refractivity contribution in [2.75, 3.05) is 10.5 Å². The zero-order valence-corrected chi connectivity index (χ0v) is 12.9. The molecule has 21 heavy (non-hydrogen) atoms. The normalized spacial score (nSPS) is 11.4. The molecule has 0 saturated heterocycles. The van der Waals surface area contributed by atoms with Gasteiger partial charge >= 0.3 is 0 Å². The number of rotatable bonds is 3. The molecule has 4 nitrogen and oxygen atoms in total. The van der Waals surface area contributed by atoms with Crippen LogP contribution in [0.1, 0.15) is 16.7 Å². The number of nitrogen functional groups attached to an aromatic ring is 1. The third kappa shape index (κ3) is 3.16. The molecule has 6 heteroatoms. The topological polar surface area (TPSA) is 72.2 Å². The van der Waals surface area contributed by atoms with E-state index in [0.29, 0.717) is 16.8 Å². The number of hydrogen-bond acceptors (Lipinski definition) is 3. The van der Waals surface area contributed by atoms with E-state index in [0.717, 1.165) is 11.6 Å². The zero-order chi connectivity index (χ0) is 15.8. The first-order valence-corrected chi connectivity index (χ1v) is 7.85. The molecule has 0 spiro atoms. The summed E-state index contributed by atoms with van der Waals surface area (Å²) in [5.41, 5.74) is 8.34. The van der Waals surface area contributed by atoms with Gasteiger partial charge in [0.2, 0.25) is 0 Å². The van der Waals surface area contributed by atoms with Crippen LogP contribution in [0.2, 0.25) is 0 Å². The second-order valence-corrected chi connectivity index (χ2v) is 6.68. The summed E-state index contributed by atoms with van der Waals surface area (Å²) in [4.78, 5) is 0.101. The molecule has 0 aliphatic carbocycles. The lowest BCUT2D eigenvalue weighted by molar-refractivity contribution is 0.600. The summed E-state index contributed by atoms with van der Waals surface area (Å²) < 4.78 is 40.7. The van der Waals surface area contributed by atoms with E-state index >= 15 is 0 Å². The predicted octanol–water partition coefficient (Wildman–Crippen LogP) is 3.13. The van der Waals surface area contributed by atoms with Gasteiger partial charge in [0, 0.05) is 5.69 Å². The first-order chi connectivity index (χ1) is 9.70. The highest BCUT2D eigenvalue weighted by Gasteiger charge is 2.19. The summed E-state index contributed by atoms with van der Waals surface area (Å²) in [6.45, 7) is 5.20. The van der Waals surface area contributed by atoms with Crippen LogP contribution in [0.25, 0.3) is 0 Å². The van der Waals surface area contributed by atoms with Crippen molar-refractivity contribution in [3.05, 3.63) is 52.8 Å². The zero-order valence-electron chi connectivity index (χ0n) is 12.1. The van der Waals surface area contributed by atoms with Crippen LogP contribution < -0.4 is 10.5 Å². The van der Waals surface area contributed by atoms with Crippen LogP contribution in [0.15, 0.2) is 35.2 Å². The highest BCUT2D eigenvalue weighted by molar-refractivity contribution is 7.92. The number of anilines is 2. The summed E-state index contributed by atoms with van der Waals surface area (Å²) in [5.74, 6) is -0.501. The van der Waals surface area contributed by atoms with Crippen LogP contribution in [-0.2, 0) is 10.0 Å². The average Bonchev–Trinajstić information content (AvgIpc) is 2.37. The second kappa shape index (κ2) is 5.37. The molecule has 2 rings (SSSR count). The van der Waals surface area contributed by atoms with Gasteiger partial charge < -0.3 is 5.73 Å². The van der Waals surface area contributed by atoms with E-state index in [9.17, 15) is 12.8 Å². The fourth-order valence-electron chi connectivity index (χ4n) is 2.04. The summed E-state index contributed by atoms with van der Waals surface area (Å²) >= 11 is 0. The molecule has 112 valence electrons. The molecule has 0 saturated carbocycles. The third-order valence-corrected chi connectivity index (χ3v) is 4.87. The molecule has 0 aliphatic rings. The van der Waals surface area contributed by atoms with Crippen molar-refractivity contribution in [3.8, 4) is 0 Å². The van der Waals surface area contributed by atoms with Gasteiger partial charge in [-0.25, -0.2) is 12.8 Å². The molecule has 0 aromatic heterocycles. The number of benzene rings is 2. The number of sulfonamides is 1. The Bertz CT molecular complexity index is 802. The van der Waals surface area contributed by atoms with Crippen LogP contribution in [0.3, 0.4) is 0 Å². The fraction of sp³-hybridized carbons (Fsp3) is 0.200. The average molecular weight is 308 g/mol. The van der Waals surface area contributed by atoms with E-state index in [4.69, 9.17) is 5.73 Å². The van der Waals surface area contributed by atoms with Crippen LogP contribution in [0.5, 0.6) is 0 Å². The molecule has 0 unspecified atom stereocenters. The maximum atomic E-state index is 13.3. The number of halogens is 1. The number of hydrogen-bond donors (Lipinski definition) is 2. The predicted molar refractivity (Wildman–Crippen MR) is 82.3 cm³/mol. The fourth-order valence-corrected chi connectivity index (χ4v) is 3.51. The Kier molecular flexibility index (Phi) is 3.91. The second-order valence-electron chi connectivity index (χ2n) is 5.03. The minimum absolute atomic E-state index is 0.101. The van der Waals surface area contributed by atoms with Crippen LogP contribution in [0, 0.1) is 26.6 Å². The monoisotopic (exact) mass is 308 g/mol. The van der Waals surface area contributed by atoms with Crippen molar-refractivity contribution in [1.29, 1.82) is 0 Å². The van der Waals surface area contributed by atoms with Crippen molar-refractivity contribution in [3.63, 3.8) is 0 Å². The molecule has 0 aliphatic heterocycles. The Morgan fingerprint density at radius 3 is 2.38 bits per heavy atom. The van der Waals surface area contributed by atoms with E-state index in [1.807, 2.05) is 0 Å². The third-order valence-electron chi connectivity index (χ3n) is 3.38. The smallest absolute Gasteiger partial charge is 0.262 e. The summed E-state index contributed by atoms with van der Waals surface area (Å²) in [6.07, 6.45) is 0. The lowest BCUT2D eigenvalue weighted by Gasteiger charge is -2.14. The van der Waals surface area contributed by atoms with Gasteiger partial charge in [-0.2, -0.15) is 0 Å². The van der Waals surface area contributed by atoms with E-state index in [1.165, 1.54) is 18.2 Å². The Balaban J connectivity index is 2.51. The lowest BCUT2D eigenvalue weighted by Crippen LogP contribution is -2.16. The number of nitrogens with one attached hydrogen (secondary N) is 1. The van der Waals surface area contributed by atoms with E-state index in [-0.39, 0.29) is 10.6 Å². The number of nitrogens with two attached hydrogens (primary N) is 1. The minimum Gasteiger partial charge on any atom is -0.399 e. The molecule has 0 heterocycles. The molecule has 0 radical (unpaired) electrons. The van der Waals surface area contributed by atoms with Gasteiger partial charge in [-0.15, -0.1) is 0 Å². The van der Waals surface area contributed by atoms with Crippen molar-refractivity contribution in [2.45, 2.75) is 25.7 Å². The van der Waals surface area contributed by atoms with E-state index < -0.39 is 15.8 Å². The molecule has 2 aromatic rings. The Morgan fingerprint density at radius 2 is 1.71 bits per heavy atom. The largest absolute Gasteiger partial charge is 0.399 e. The quantitative estimate of drug-likeness (QED) is 0.856. The molecule has 0 atom stereocenters. The maximum absolute atomic E-state index is 13.3. The van der Waals surface area contributed by atoms with E-state index in [1.54, 1.807) is 26.8 Å². The van der Waals surface area contributed by atoms with Crippen molar-refractivity contribution < 1.29 is 12.8 Å². The van der Waals surface area contributed by atoms with Crippen molar-refractivity contribution >= 4 is 21.4 Å². The van der Waals surface area contributed by atoms with Gasteiger partial charge in [-0.3, -0.25) is 4.72 Å². The highest BCUT2D eigenvalue weighted by atomic mass is 32.2. The Hall–Kier alpha value is -2.08. The Labute approximate surface area is 123 Å². The molecular weight excluding hydrogens is 291 g/mol. The SMILES string of the molecule is Cc1ccc(F)cc1NS(=O)(=O)c1cc(N)cc(C)c1C. The Morgan fingerprint density at radius 1 is 1.05 bits per heavy atom. The highest BCUT2D eigenvalue weighted by Crippen LogP contribution is 2.26.